The Labute approximate surface area is 157 Å². The van der Waals surface area contributed by atoms with Gasteiger partial charge in [0.1, 0.15) is 0 Å². The summed E-state index contributed by atoms with van der Waals surface area (Å²) in [4.78, 5) is 14.8. The van der Waals surface area contributed by atoms with Crippen LogP contribution in [0.25, 0.3) is 5.57 Å². The number of allylic oxidation sites excluding steroid dienone is 4. The molecule has 0 spiro atoms. The number of carbonyl (C=O) groups excluding carboxylic acids is 1. The molecule has 1 aromatic rings. The van der Waals surface area contributed by atoms with Crippen LogP contribution >= 0.6 is 0 Å². The van der Waals surface area contributed by atoms with E-state index in [1.54, 1.807) is 16.8 Å². The van der Waals surface area contributed by atoms with Crippen molar-refractivity contribution in [1.29, 1.82) is 0 Å². The molecular weight excluding hydrogens is 318 g/mol. The molecule has 0 saturated heterocycles. The highest BCUT2D eigenvalue weighted by atomic mass is 16.1. The van der Waals surface area contributed by atoms with E-state index in [9.17, 15) is 4.79 Å². The first-order valence-corrected chi connectivity index (χ1v) is 10.4. The standard InChI is InChI=1S/C24H29NO/c1-24(2)15-21(26)14-20-11-16(7-8-22(20)24)19-12-17-5-3-9-25-10-4-6-18(13-19)23(17)25/h11-14,22H,3-10,15H2,1-2H3. The van der Waals surface area contributed by atoms with Crippen LogP contribution in [0.2, 0.25) is 0 Å². The van der Waals surface area contributed by atoms with Gasteiger partial charge in [-0.15, -0.1) is 0 Å². The Balaban J connectivity index is 1.56. The van der Waals surface area contributed by atoms with Crippen molar-refractivity contribution in [2.24, 2.45) is 11.3 Å². The minimum Gasteiger partial charge on any atom is -0.371 e. The van der Waals surface area contributed by atoms with Crippen LogP contribution < -0.4 is 4.90 Å². The molecular formula is C24H29NO. The van der Waals surface area contributed by atoms with Gasteiger partial charge in [0.15, 0.2) is 5.78 Å². The van der Waals surface area contributed by atoms with Gasteiger partial charge in [0, 0.05) is 25.2 Å². The topological polar surface area (TPSA) is 20.3 Å². The first kappa shape index (κ1) is 16.4. The lowest BCUT2D eigenvalue weighted by molar-refractivity contribution is -0.117. The van der Waals surface area contributed by atoms with Crippen molar-refractivity contribution in [3.05, 3.63) is 46.5 Å². The average molecular weight is 348 g/mol. The molecule has 1 aromatic carbocycles. The number of fused-ring (bicyclic) bond motifs is 1. The van der Waals surface area contributed by atoms with Crippen molar-refractivity contribution in [3.8, 4) is 0 Å². The Morgan fingerprint density at radius 3 is 2.38 bits per heavy atom. The fourth-order valence-electron chi connectivity index (χ4n) is 5.85. The van der Waals surface area contributed by atoms with Gasteiger partial charge in [-0.05, 0) is 95.9 Å². The molecule has 26 heavy (non-hydrogen) atoms. The van der Waals surface area contributed by atoms with Crippen molar-refractivity contribution >= 4 is 17.0 Å². The van der Waals surface area contributed by atoms with Gasteiger partial charge < -0.3 is 4.90 Å². The maximum absolute atomic E-state index is 12.2. The summed E-state index contributed by atoms with van der Waals surface area (Å²) >= 11 is 0. The summed E-state index contributed by atoms with van der Waals surface area (Å²) in [6.45, 7) is 6.99. The summed E-state index contributed by atoms with van der Waals surface area (Å²) in [5.74, 6) is 0.838. The maximum Gasteiger partial charge on any atom is 0.156 e. The zero-order valence-electron chi connectivity index (χ0n) is 16.1. The van der Waals surface area contributed by atoms with Gasteiger partial charge in [0.25, 0.3) is 0 Å². The van der Waals surface area contributed by atoms with E-state index in [-0.39, 0.29) is 5.41 Å². The van der Waals surface area contributed by atoms with Crippen LogP contribution in [0.3, 0.4) is 0 Å². The Kier molecular flexibility index (Phi) is 3.67. The Morgan fingerprint density at radius 1 is 1.00 bits per heavy atom. The molecule has 0 saturated carbocycles. The number of carbonyl (C=O) groups is 1. The highest BCUT2D eigenvalue weighted by molar-refractivity contribution is 5.93. The first-order valence-electron chi connectivity index (χ1n) is 10.4. The van der Waals surface area contributed by atoms with E-state index in [0.29, 0.717) is 18.1 Å². The number of aryl methyl sites for hydroxylation is 2. The molecule has 136 valence electrons. The number of ketones is 1. The van der Waals surface area contributed by atoms with E-state index in [4.69, 9.17) is 0 Å². The van der Waals surface area contributed by atoms with E-state index in [1.807, 2.05) is 6.08 Å². The fraction of sp³-hybridized carbons (Fsp3) is 0.542. The van der Waals surface area contributed by atoms with Crippen LogP contribution in [-0.2, 0) is 17.6 Å². The average Bonchev–Trinajstić information content (AvgIpc) is 2.61. The van der Waals surface area contributed by atoms with Crippen molar-refractivity contribution in [2.45, 2.75) is 58.8 Å². The SMILES string of the molecule is CC1(C)CC(=O)C=C2C=C(c3cc4c5c(c3)CCCN5CCC4)CCC21. The normalized spacial score (nSPS) is 26.6. The monoisotopic (exact) mass is 347 g/mol. The van der Waals surface area contributed by atoms with Gasteiger partial charge in [-0.1, -0.05) is 19.9 Å². The Bertz CT molecular complexity index is 811. The van der Waals surface area contributed by atoms with Crippen LogP contribution in [0.1, 0.15) is 62.6 Å². The van der Waals surface area contributed by atoms with Gasteiger partial charge in [-0.25, -0.2) is 0 Å². The second-order valence-corrected chi connectivity index (χ2v) is 9.37. The molecule has 0 radical (unpaired) electrons. The molecule has 2 aliphatic carbocycles. The zero-order chi connectivity index (χ0) is 17.9. The molecule has 0 aromatic heterocycles. The van der Waals surface area contributed by atoms with E-state index in [2.05, 4.69) is 37.0 Å². The quantitative estimate of drug-likeness (QED) is 0.704. The van der Waals surface area contributed by atoms with Crippen molar-refractivity contribution in [3.63, 3.8) is 0 Å². The summed E-state index contributed by atoms with van der Waals surface area (Å²) in [7, 11) is 0. The van der Waals surface area contributed by atoms with Gasteiger partial charge in [0.2, 0.25) is 0 Å². The fourth-order valence-corrected chi connectivity index (χ4v) is 5.85. The number of hydrogen-bond acceptors (Lipinski definition) is 2. The van der Waals surface area contributed by atoms with Crippen LogP contribution in [0.4, 0.5) is 5.69 Å². The third kappa shape index (κ3) is 2.57. The molecule has 0 N–H and O–H groups in total. The number of hydrogen-bond donors (Lipinski definition) is 0. The van der Waals surface area contributed by atoms with E-state index in [0.717, 1.165) is 6.42 Å². The second kappa shape index (κ2) is 5.84. The number of nitrogens with zero attached hydrogens (tertiary/aromatic N) is 1. The molecule has 2 nitrogen and oxygen atoms in total. The second-order valence-electron chi connectivity index (χ2n) is 9.37. The minimum absolute atomic E-state index is 0.103. The molecule has 0 bridgehead atoms. The minimum atomic E-state index is 0.103. The summed E-state index contributed by atoms with van der Waals surface area (Å²) in [6.07, 6.45) is 12.3. The Hall–Kier alpha value is -1.83. The lowest BCUT2D eigenvalue weighted by atomic mass is 9.63. The Morgan fingerprint density at radius 2 is 1.69 bits per heavy atom. The lowest BCUT2D eigenvalue weighted by Gasteiger charge is -2.41. The van der Waals surface area contributed by atoms with Crippen LogP contribution in [0, 0.1) is 11.3 Å². The summed E-state index contributed by atoms with van der Waals surface area (Å²) in [6, 6.07) is 4.91. The molecule has 2 heterocycles. The zero-order valence-corrected chi connectivity index (χ0v) is 16.1. The molecule has 0 fully saturated rings. The van der Waals surface area contributed by atoms with E-state index < -0.39 is 0 Å². The highest BCUT2D eigenvalue weighted by Gasteiger charge is 2.38. The molecule has 1 atom stereocenters. The highest BCUT2D eigenvalue weighted by Crippen LogP contribution is 2.48. The van der Waals surface area contributed by atoms with Crippen molar-refractivity contribution in [1.82, 2.24) is 0 Å². The van der Waals surface area contributed by atoms with Crippen LogP contribution in [-0.4, -0.2) is 18.9 Å². The molecule has 0 amide bonds. The molecule has 5 rings (SSSR count). The van der Waals surface area contributed by atoms with Gasteiger partial charge in [-0.2, -0.15) is 0 Å². The third-order valence-electron chi connectivity index (χ3n) is 7.05. The summed E-state index contributed by atoms with van der Waals surface area (Å²) in [5, 5.41) is 0. The molecule has 4 aliphatic rings. The van der Waals surface area contributed by atoms with Crippen LogP contribution in [0.5, 0.6) is 0 Å². The smallest absolute Gasteiger partial charge is 0.156 e. The van der Waals surface area contributed by atoms with Crippen LogP contribution in [0.15, 0.2) is 29.9 Å². The van der Waals surface area contributed by atoms with Gasteiger partial charge in [0.05, 0.1) is 0 Å². The third-order valence-corrected chi connectivity index (χ3v) is 7.05. The number of benzene rings is 1. The molecule has 2 aliphatic heterocycles. The summed E-state index contributed by atoms with van der Waals surface area (Å²) < 4.78 is 0. The number of rotatable bonds is 1. The molecule has 2 heteroatoms. The van der Waals surface area contributed by atoms with Crippen molar-refractivity contribution < 1.29 is 4.79 Å². The van der Waals surface area contributed by atoms with Crippen molar-refractivity contribution in [2.75, 3.05) is 18.0 Å². The summed E-state index contributed by atoms with van der Waals surface area (Å²) in [5.41, 5.74) is 8.90. The van der Waals surface area contributed by atoms with E-state index >= 15 is 0 Å². The predicted octanol–water partition coefficient (Wildman–Crippen LogP) is 5.10. The first-order chi connectivity index (χ1) is 12.5. The lowest BCUT2D eigenvalue weighted by Crippen LogP contribution is -2.34. The maximum atomic E-state index is 12.2. The van der Waals surface area contributed by atoms with Gasteiger partial charge in [-0.3, -0.25) is 4.79 Å². The largest absolute Gasteiger partial charge is 0.371 e. The molecule has 1 unspecified atom stereocenters. The predicted molar refractivity (Wildman–Crippen MR) is 107 cm³/mol. The van der Waals surface area contributed by atoms with E-state index in [1.165, 1.54) is 61.9 Å². The number of anilines is 1. The van der Waals surface area contributed by atoms with Gasteiger partial charge >= 0.3 is 0 Å².